The second-order valence-electron chi connectivity index (χ2n) is 4.31. The highest BCUT2D eigenvalue weighted by Crippen LogP contribution is 2.27. The van der Waals surface area contributed by atoms with Gasteiger partial charge in [0.1, 0.15) is 5.60 Å². The number of hydrogen-bond acceptors (Lipinski definition) is 3. The van der Waals surface area contributed by atoms with Crippen molar-refractivity contribution >= 4 is 5.78 Å². The number of carbonyl (C=O) groups is 1. The molecule has 0 N–H and O–H groups in total. The van der Waals surface area contributed by atoms with Gasteiger partial charge in [-0.3, -0.25) is 9.48 Å². The van der Waals surface area contributed by atoms with E-state index in [4.69, 9.17) is 4.74 Å². The van der Waals surface area contributed by atoms with E-state index in [0.29, 0.717) is 13.0 Å². The van der Waals surface area contributed by atoms with Crippen LogP contribution in [0.25, 0.3) is 0 Å². The molecular formula is C11H16N2O2. The molecule has 1 aromatic heterocycles. The molecule has 0 radical (unpaired) electrons. The number of rotatable bonds is 3. The second kappa shape index (κ2) is 3.77. The minimum atomic E-state index is -0.560. The number of carbonyl (C=O) groups excluding carboxylic acids is 1. The molecule has 0 aromatic carbocycles. The Morgan fingerprint density at radius 2 is 2.53 bits per heavy atom. The lowest BCUT2D eigenvalue weighted by molar-refractivity contribution is -0.136. The Kier molecular flexibility index (Phi) is 2.61. The zero-order valence-corrected chi connectivity index (χ0v) is 9.19. The van der Waals surface area contributed by atoms with Crippen molar-refractivity contribution in [2.75, 3.05) is 6.61 Å². The van der Waals surface area contributed by atoms with Crippen molar-refractivity contribution in [2.24, 2.45) is 7.05 Å². The molecule has 0 saturated carbocycles. The number of aryl methyl sites for hydroxylation is 1. The van der Waals surface area contributed by atoms with Gasteiger partial charge in [-0.05, 0) is 25.3 Å². The first-order chi connectivity index (χ1) is 7.10. The van der Waals surface area contributed by atoms with E-state index in [-0.39, 0.29) is 5.78 Å². The number of nitrogens with zero attached hydrogens (tertiary/aromatic N) is 2. The Balaban J connectivity index is 2.03. The van der Waals surface area contributed by atoms with Crippen LogP contribution in [0.4, 0.5) is 0 Å². The summed E-state index contributed by atoms with van der Waals surface area (Å²) in [5, 5.41) is 4.04. The monoisotopic (exact) mass is 208 g/mol. The van der Waals surface area contributed by atoms with Crippen LogP contribution >= 0.6 is 0 Å². The molecule has 15 heavy (non-hydrogen) atoms. The van der Waals surface area contributed by atoms with Gasteiger partial charge in [-0.2, -0.15) is 5.10 Å². The lowest BCUT2D eigenvalue weighted by Gasteiger charge is -2.20. The molecule has 0 spiro atoms. The van der Waals surface area contributed by atoms with Crippen LogP contribution in [0, 0.1) is 0 Å². The highest BCUT2D eigenvalue weighted by atomic mass is 16.5. The number of ether oxygens (including phenoxy) is 1. The molecule has 1 atom stereocenters. The van der Waals surface area contributed by atoms with Crippen molar-refractivity contribution in [1.29, 1.82) is 0 Å². The van der Waals surface area contributed by atoms with Crippen molar-refractivity contribution in [2.45, 2.75) is 31.8 Å². The predicted molar refractivity (Wildman–Crippen MR) is 55.5 cm³/mol. The van der Waals surface area contributed by atoms with E-state index in [9.17, 15) is 4.79 Å². The van der Waals surface area contributed by atoms with Gasteiger partial charge in [0.25, 0.3) is 0 Å². The van der Waals surface area contributed by atoms with E-state index < -0.39 is 5.60 Å². The van der Waals surface area contributed by atoms with Gasteiger partial charge in [0, 0.05) is 26.3 Å². The Morgan fingerprint density at radius 1 is 1.73 bits per heavy atom. The molecule has 2 heterocycles. The van der Waals surface area contributed by atoms with E-state index in [2.05, 4.69) is 5.10 Å². The average molecular weight is 208 g/mol. The highest BCUT2D eigenvalue weighted by molar-refractivity contribution is 5.88. The summed E-state index contributed by atoms with van der Waals surface area (Å²) in [6.07, 6.45) is 5.85. The topological polar surface area (TPSA) is 44.1 Å². The summed E-state index contributed by atoms with van der Waals surface area (Å²) in [5.74, 6) is 0.160. The first-order valence-corrected chi connectivity index (χ1v) is 5.25. The third kappa shape index (κ3) is 2.09. The summed E-state index contributed by atoms with van der Waals surface area (Å²) in [6, 6.07) is 0. The third-order valence-corrected chi connectivity index (χ3v) is 2.93. The minimum Gasteiger partial charge on any atom is -0.367 e. The summed E-state index contributed by atoms with van der Waals surface area (Å²) in [4.78, 5) is 12.0. The normalized spacial score (nSPS) is 25.7. The van der Waals surface area contributed by atoms with Crippen LogP contribution in [-0.4, -0.2) is 27.8 Å². The Labute approximate surface area is 89.2 Å². The quantitative estimate of drug-likeness (QED) is 0.747. The molecule has 1 aliphatic heterocycles. The number of Topliss-reactive ketones (excluding diaryl/α,β-unsaturated/α-hetero) is 1. The van der Waals surface area contributed by atoms with Crippen LogP contribution in [0.3, 0.4) is 0 Å². The van der Waals surface area contributed by atoms with Gasteiger partial charge in [0.2, 0.25) is 0 Å². The van der Waals surface area contributed by atoms with Crippen molar-refractivity contribution < 1.29 is 9.53 Å². The zero-order valence-electron chi connectivity index (χ0n) is 9.19. The molecule has 4 heteroatoms. The van der Waals surface area contributed by atoms with Crippen LogP contribution in [0.15, 0.2) is 12.4 Å². The Bertz CT molecular complexity index is 364. The zero-order chi connectivity index (χ0) is 10.9. The summed E-state index contributed by atoms with van der Waals surface area (Å²) in [7, 11) is 1.85. The van der Waals surface area contributed by atoms with Crippen LogP contribution in [0.1, 0.15) is 25.3 Å². The van der Waals surface area contributed by atoms with Gasteiger partial charge in [0.05, 0.1) is 6.20 Å². The lowest BCUT2D eigenvalue weighted by Crippen LogP contribution is -2.35. The highest BCUT2D eigenvalue weighted by Gasteiger charge is 2.37. The maximum Gasteiger partial charge on any atom is 0.168 e. The smallest absolute Gasteiger partial charge is 0.168 e. The standard InChI is InChI=1S/C11H16N2O2/c1-11(4-3-5-15-11)10(14)6-9-7-12-13(2)8-9/h7-8H,3-6H2,1-2H3. The fourth-order valence-corrected chi connectivity index (χ4v) is 1.93. The maximum absolute atomic E-state index is 12.0. The molecule has 2 rings (SSSR count). The van der Waals surface area contributed by atoms with Gasteiger partial charge in [-0.15, -0.1) is 0 Å². The molecule has 1 saturated heterocycles. The summed E-state index contributed by atoms with van der Waals surface area (Å²) >= 11 is 0. The molecule has 4 nitrogen and oxygen atoms in total. The van der Waals surface area contributed by atoms with Gasteiger partial charge in [0.15, 0.2) is 5.78 Å². The van der Waals surface area contributed by atoms with E-state index in [1.54, 1.807) is 10.9 Å². The number of hydrogen-bond donors (Lipinski definition) is 0. The molecule has 0 bridgehead atoms. The molecule has 82 valence electrons. The van der Waals surface area contributed by atoms with Crippen molar-refractivity contribution in [3.05, 3.63) is 18.0 Å². The third-order valence-electron chi connectivity index (χ3n) is 2.93. The molecule has 0 aliphatic carbocycles. The lowest BCUT2D eigenvalue weighted by atomic mass is 9.93. The van der Waals surface area contributed by atoms with Crippen molar-refractivity contribution in [1.82, 2.24) is 9.78 Å². The first-order valence-electron chi connectivity index (χ1n) is 5.25. The number of aromatic nitrogens is 2. The fraction of sp³-hybridized carbons (Fsp3) is 0.636. The number of ketones is 1. The average Bonchev–Trinajstić information content (AvgIpc) is 2.76. The van der Waals surface area contributed by atoms with E-state index in [0.717, 1.165) is 18.4 Å². The summed E-state index contributed by atoms with van der Waals surface area (Å²) in [6.45, 7) is 2.59. The molecular weight excluding hydrogens is 192 g/mol. The van der Waals surface area contributed by atoms with Gasteiger partial charge in [-0.1, -0.05) is 0 Å². The minimum absolute atomic E-state index is 0.160. The van der Waals surface area contributed by atoms with Gasteiger partial charge >= 0.3 is 0 Å². The molecule has 1 aromatic rings. The van der Waals surface area contributed by atoms with Crippen LogP contribution in [-0.2, 0) is 23.0 Å². The SMILES string of the molecule is Cn1cc(CC(=O)C2(C)CCCO2)cn1. The molecule has 1 unspecified atom stereocenters. The molecule has 0 amide bonds. The predicted octanol–water partition coefficient (Wildman–Crippen LogP) is 1.10. The Hall–Kier alpha value is -1.16. The fourth-order valence-electron chi connectivity index (χ4n) is 1.93. The van der Waals surface area contributed by atoms with Gasteiger partial charge in [-0.25, -0.2) is 0 Å². The second-order valence-corrected chi connectivity index (χ2v) is 4.31. The Morgan fingerprint density at radius 3 is 3.07 bits per heavy atom. The van der Waals surface area contributed by atoms with Crippen molar-refractivity contribution in [3.63, 3.8) is 0 Å². The largest absolute Gasteiger partial charge is 0.367 e. The van der Waals surface area contributed by atoms with Crippen molar-refractivity contribution in [3.8, 4) is 0 Å². The van der Waals surface area contributed by atoms with Gasteiger partial charge < -0.3 is 4.74 Å². The molecule has 1 fully saturated rings. The summed E-state index contributed by atoms with van der Waals surface area (Å²) < 4.78 is 7.21. The van der Waals surface area contributed by atoms with Crippen LogP contribution < -0.4 is 0 Å². The van der Waals surface area contributed by atoms with E-state index >= 15 is 0 Å². The maximum atomic E-state index is 12.0. The first kappa shape index (κ1) is 10.4. The van der Waals surface area contributed by atoms with Crippen LogP contribution in [0.5, 0.6) is 0 Å². The molecule has 1 aliphatic rings. The van der Waals surface area contributed by atoms with Crippen LogP contribution in [0.2, 0.25) is 0 Å². The van der Waals surface area contributed by atoms with E-state index in [1.165, 1.54) is 0 Å². The summed E-state index contributed by atoms with van der Waals surface area (Å²) in [5.41, 5.74) is 0.398. The van der Waals surface area contributed by atoms with E-state index in [1.807, 2.05) is 20.2 Å².